The van der Waals surface area contributed by atoms with Gasteiger partial charge < -0.3 is 20.5 Å². The number of benzene rings is 1. The highest BCUT2D eigenvalue weighted by atomic mass is 127. The van der Waals surface area contributed by atoms with Crippen LogP contribution in [0.4, 0.5) is 4.39 Å². The maximum atomic E-state index is 13.8. The van der Waals surface area contributed by atoms with Gasteiger partial charge in [0.15, 0.2) is 5.96 Å². The van der Waals surface area contributed by atoms with E-state index in [1.807, 2.05) is 6.92 Å². The van der Waals surface area contributed by atoms with Crippen molar-refractivity contribution in [3.63, 3.8) is 0 Å². The molecule has 0 aromatic heterocycles. The molecule has 0 bridgehead atoms. The van der Waals surface area contributed by atoms with Crippen LogP contribution in [0.3, 0.4) is 0 Å². The quantitative estimate of drug-likeness (QED) is 0.311. The molecule has 0 saturated carbocycles. The van der Waals surface area contributed by atoms with Gasteiger partial charge in [0.2, 0.25) is 0 Å². The van der Waals surface area contributed by atoms with E-state index in [1.54, 1.807) is 18.2 Å². The molecule has 1 aliphatic rings. The lowest BCUT2D eigenvalue weighted by Crippen LogP contribution is -2.47. The fraction of sp³-hybridized carbons (Fsp3) is 0.667. The average Bonchev–Trinajstić information content (AvgIpc) is 2.63. The Balaban J connectivity index is 0.00000392. The highest BCUT2D eigenvalue weighted by Gasteiger charge is 2.35. The van der Waals surface area contributed by atoms with Crippen LogP contribution in [-0.4, -0.2) is 43.4 Å². The zero-order valence-corrected chi connectivity index (χ0v) is 19.7. The Labute approximate surface area is 185 Å². The lowest BCUT2D eigenvalue weighted by atomic mass is 9.78. The van der Waals surface area contributed by atoms with Crippen molar-refractivity contribution >= 4 is 29.9 Å². The first kappa shape index (κ1) is 25.1. The first-order valence-corrected chi connectivity index (χ1v) is 9.89. The number of ether oxygens (including phenoxy) is 1. The SMILES string of the molecule is CCNC(=NCC(O)c1ccccc1F)NCC1CCCOC1C(C)(C)C.I. The third kappa shape index (κ3) is 7.48. The monoisotopic (exact) mass is 507 g/mol. The van der Waals surface area contributed by atoms with Crippen molar-refractivity contribution in [1.82, 2.24) is 10.6 Å². The molecule has 2 rings (SSSR count). The molecule has 3 atom stereocenters. The van der Waals surface area contributed by atoms with Gasteiger partial charge in [-0.25, -0.2) is 4.39 Å². The van der Waals surface area contributed by atoms with Gasteiger partial charge in [0, 0.05) is 31.2 Å². The Morgan fingerprint density at radius 2 is 2.04 bits per heavy atom. The van der Waals surface area contributed by atoms with Crippen LogP contribution < -0.4 is 10.6 Å². The van der Waals surface area contributed by atoms with Crippen molar-refractivity contribution in [2.75, 3.05) is 26.2 Å². The molecule has 1 aliphatic heterocycles. The van der Waals surface area contributed by atoms with E-state index in [2.05, 4.69) is 36.4 Å². The lowest BCUT2D eigenvalue weighted by Gasteiger charge is -2.40. The molecule has 7 heteroatoms. The lowest BCUT2D eigenvalue weighted by molar-refractivity contribution is -0.0835. The van der Waals surface area contributed by atoms with Crippen molar-refractivity contribution in [2.24, 2.45) is 16.3 Å². The molecule has 3 N–H and O–H groups in total. The molecule has 0 amide bonds. The molecule has 160 valence electrons. The minimum Gasteiger partial charge on any atom is -0.386 e. The molecule has 1 heterocycles. The summed E-state index contributed by atoms with van der Waals surface area (Å²) in [6.07, 6.45) is 1.41. The van der Waals surface area contributed by atoms with E-state index in [0.717, 1.165) is 26.0 Å². The molecular formula is C21H35FIN3O2. The molecule has 3 unspecified atom stereocenters. The average molecular weight is 507 g/mol. The van der Waals surface area contributed by atoms with Crippen LogP contribution in [0.25, 0.3) is 0 Å². The van der Waals surface area contributed by atoms with Gasteiger partial charge in [0.25, 0.3) is 0 Å². The predicted molar refractivity (Wildman–Crippen MR) is 123 cm³/mol. The van der Waals surface area contributed by atoms with Crippen LogP contribution in [0.15, 0.2) is 29.3 Å². The fourth-order valence-electron chi connectivity index (χ4n) is 3.60. The molecular weight excluding hydrogens is 472 g/mol. The Hall–Kier alpha value is -0.930. The van der Waals surface area contributed by atoms with Crippen LogP contribution in [0, 0.1) is 17.2 Å². The number of aliphatic hydroxyl groups excluding tert-OH is 1. The molecule has 0 radical (unpaired) electrons. The number of aliphatic hydroxyl groups is 1. The number of rotatable bonds is 6. The first-order valence-electron chi connectivity index (χ1n) is 9.89. The number of halogens is 2. The smallest absolute Gasteiger partial charge is 0.191 e. The Morgan fingerprint density at radius 3 is 2.68 bits per heavy atom. The van der Waals surface area contributed by atoms with Crippen molar-refractivity contribution in [1.29, 1.82) is 0 Å². The van der Waals surface area contributed by atoms with Crippen LogP contribution in [0.2, 0.25) is 0 Å². The minimum atomic E-state index is -0.970. The summed E-state index contributed by atoms with van der Waals surface area (Å²) in [7, 11) is 0. The highest BCUT2D eigenvalue weighted by molar-refractivity contribution is 14.0. The summed E-state index contributed by atoms with van der Waals surface area (Å²) in [5, 5.41) is 16.8. The largest absolute Gasteiger partial charge is 0.386 e. The summed E-state index contributed by atoms with van der Waals surface area (Å²) in [4.78, 5) is 4.44. The molecule has 1 fully saturated rings. The maximum Gasteiger partial charge on any atom is 0.191 e. The van der Waals surface area contributed by atoms with Crippen molar-refractivity contribution in [2.45, 2.75) is 52.7 Å². The number of nitrogens with zero attached hydrogens (tertiary/aromatic N) is 1. The van der Waals surface area contributed by atoms with Gasteiger partial charge in [0.05, 0.1) is 12.6 Å². The predicted octanol–water partition coefficient (Wildman–Crippen LogP) is 3.87. The van der Waals surface area contributed by atoms with Gasteiger partial charge in [-0.15, -0.1) is 24.0 Å². The second-order valence-corrected chi connectivity index (χ2v) is 8.20. The summed E-state index contributed by atoms with van der Waals surface area (Å²) < 4.78 is 19.8. The number of hydrogen-bond acceptors (Lipinski definition) is 3. The fourth-order valence-corrected chi connectivity index (χ4v) is 3.60. The second-order valence-electron chi connectivity index (χ2n) is 8.20. The molecule has 28 heavy (non-hydrogen) atoms. The third-order valence-electron chi connectivity index (χ3n) is 4.86. The van der Waals surface area contributed by atoms with Crippen LogP contribution >= 0.6 is 24.0 Å². The van der Waals surface area contributed by atoms with E-state index in [0.29, 0.717) is 18.4 Å². The van der Waals surface area contributed by atoms with E-state index in [1.165, 1.54) is 6.07 Å². The van der Waals surface area contributed by atoms with E-state index < -0.39 is 11.9 Å². The van der Waals surface area contributed by atoms with Crippen LogP contribution in [0.1, 0.15) is 52.2 Å². The standard InChI is InChI=1S/C21H34FN3O2.HI/c1-5-23-20(25-14-18(26)16-10-6-7-11-17(16)22)24-13-15-9-8-12-27-19(15)21(2,3)4;/h6-7,10-11,15,18-19,26H,5,8-9,12-14H2,1-4H3,(H2,23,24,25);1H. The Morgan fingerprint density at radius 1 is 1.32 bits per heavy atom. The summed E-state index contributed by atoms with van der Waals surface area (Å²) in [6, 6.07) is 6.26. The highest BCUT2D eigenvalue weighted by Crippen LogP contribution is 2.33. The second kappa shape index (κ2) is 11.9. The number of nitrogens with one attached hydrogen (secondary N) is 2. The zero-order chi connectivity index (χ0) is 19.9. The van der Waals surface area contributed by atoms with Gasteiger partial charge in [-0.2, -0.15) is 0 Å². The molecule has 1 saturated heterocycles. The van der Waals surface area contributed by atoms with Gasteiger partial charge >= 0.3 is 0 Å². The summed E-state index contributed by atoms with van der Waals surface area (Å²) in [5.41, 5.74) is 0.356. The molecule has 0 aliphatic carbocycles. The van der Waals surface area contributed by atoms with Gasteiger partial charge in [0.1, 0.15) is 11.9 Å². The topological polar surface area (TPSA) is 65.9 Å². The Bertz CT molecular complexity index is 622. The van der Waals surface area contributed by atoms with Crippen LogP contribution in [-0.2, 0) is 4.74 Å². The number of hydrogen-bond donors (Lipinski definition) is 3. The van der Waals surface area contributed by atoms with Crippen LogP contribution in [0.5, 0.6) is 0 Å². The normalized spacial score (nSPS) is 21.6. The first-order chi connectivity index (χ1) is 12.8. The number of aliphatic imine (C=N–C) groups is 1. The molecule has 1 aromatic rings. The van der Waals surface area contributed by atoms with E-state index in [4.69, 9.17) is 4.74 Å². The van der Waals surface area contributed by atoms with Gasteiger partial charge in [-0.05, 0) is 31.2 Å². The zero-order valence-electron chi connectivity index (χ0n) is 17.4. The summed E-state index contributed by atoms with van der Waals surface area (Å²) in [6.45, 7) is 11.0. The summed E-state index contributed by atoms with van der Waals surface area (Å²) in [5.74, 6) is 0.621. The van der Waals surface area contributed by atoms with E-state index in [9.17, 15) is 9.50 Å². The van der Waals surface area contributed by atoms with Crippen molar-refractivity contribution < 1.29 is 14.2 Å². The Kier molecular flexibility index (Phi) is 10.7. The summed E-state index contributed by atoms with van der Waals surface area (Å²) >= 11 is 0. The molecule has 1 aromatic carbocycles. The third-order valence-corrected chi connectivity index (χ3v) is 4.86. The van der Waals surface area contributed by atoms with Crippen molar-refractivity contribution in [3.05, 3.63) is 35.6 Å². The van der Waals surface area contributed by atoms with E-state index >= 15 is 0 Å². The van der Waals surface area contributed by atoms with Gasteiger partial charge in [-0.3, -0.25) is 4.99 Å². The maximum absolute atomic E-state index is 13.8. The molecule has 5 nitrogen and oxygen atoms in total. The van der Waals surface area contributed by atoms with Gasteiger partial charge in [-0.1, -0.05) is 39.0 Å². The minimum absolute atomic E-state index is 0. The van der Waals surface area contributed by atoms with Crippen molar-refractivity contribution in [3.8, 4) is 0 Å². The number of guanidine groups is 1. The molecule has 0 spiro atoms. The van der Waals surface area contributed by atoms with E-state index in [-0.39, 0.29) is 47.6 Å².